The van der Waals surface area contributed by atoms with Crippen molar-refractivity contribution in [1.82, 2.24) is 15.0 Å². The molecule has 1 aliphatic heterocycles. The smallest absolute Gasteiger partial charge is 0.162 e. The highest BCUT2D eigenvalue weighted by Gasteiger charge is 2.23. The first kappa shape index (κ1) is 19.3. The Morgan fingerprint density at radius 3 is 2.16 bits per heavy atom. The van der Waals surface area contributed by atoms with Gasteiger partial charge in [-0.15, -0.1) is 0 Å². The lowest BCUT2D eigenvalue weighted by Gasteiger charge is -2.30. The zero-order chi connectivity index (χ0) is 21.5. The molecule has 0 spiro atoms. The molecule has 0 radical (unpaired) electrons. The molecule has 8 heteroatoms. The van der Waals surface area contributed by atoms with Crippen LogP contribution in [0.5, 0.6) is 23.0 Å². The highest BCUT2D eigenvalue weighted by molar-refractivity contribution is 6.09. The van der Waals surface area contributed by atoms with Gasteiger partial charge in [0, 0.05) is 24.5 Å². The van der Waals surface area contributed by atoms with Crippen LogP contribution in [0.25, 0.3) is 21.9 Å². The fourth-order valence-electron chi connectivity index (χ4n) is 4.31. The number of hydrogen-bond acceptors (Lipinski definition) is 7. The Labute approximate surface area is 179 Å². The lowest BCUT2D eigenvalue weighted by Crippen LogP contribution is -2.31. The molecule has 0 saturated carbocycles. The highest BCUT2D eigenvalue weighted by atomic mass is 16.5. The van der Waals surface area contributed by atoms with Gasteiger partial charge in [0.1, 0.15) is 17.4 Å². The Balaban J connectivity index is 1.59. The van der Waals surface area contributed by atoms with Crippen LogP contribution in [-0.4, -0.2) is 49.9 Å². The van der Waals surface area contributed by atoms with Crippen LogP contribution in [0.1, 0.15) is 11.1 Å². The average Bonchev–Trinajstić information content (AvgIpc) is 3.19. The first-order valence-corrected chi connectivity index (χ1v) is 10.0. The number of anilines is 1. The van der Waals surface area contributed by atoms with Gasteiger partial charge in [-0.05, 0) is 35.7 Å². The van der Waals surface area contributed by atoms with Gasteiger partial charge in [0.15, 0.2) is 28.8 Å². The molecule has 2 aromatic carbocycles. The van der Waals surface area contributed by atoms with Gasteiger partial charge in [-0.2, -0.15) is 0 Å². The van der Waals surface area contributed by atoms with E-state index < -0.39 is 0 Å². The first-order chi connectivity index (χ1) is 15.2. The molecule has 2 aromatic heterocycles. The maximum Gasteiger partial charge on any atom is 0.162 e. The van der Waals surface area contributed by atoms with E-state index in [2.05, 4.69) is 32.0 Å². The fourth-order valence-corrected chi connectivity index (χ4v) is 4.31. The largest absolute Gasteiger partial charge is 0.493 e. The summed E-state index contributed by atoms with van der Waals surface area (Å²) in [5, 5.41) is 0.972. The van der Waals surface area contributed by atoms with Crippen molar-refractivity contribution in [2.75, 3.05) is 39.9 Å². The number of methoxy groups -OCH3 is 4. The molecule has 0 atom stereocenters. The van der Waals surface area contributed by atoms with Crippen LogP contribution in [0.4, 0.5) is 5.82 Å². The predicted molar refractivity (Wildman–Crippen MR) is 119 cm³/mol. The molecule has 160 valence electrons. The standard InChI is InChI=1S/C23H24N4O4/c1-28-17-7-13-5-6-27(11-14(13)8-18(17)29-2)23-22-21(24-12-25-23)15-9-19(30-3)20(31-4)10-16(15)26-22/h7-10,12,26H,5-6,11H2,1-4H3. The lowest BCUT2D eigenvalue weighted by atomic mass is 9.98. The molecule has 31 heavy (non-hydrogen) atoms. The summed E-state index contributed by atoms with van der Waals surface area (Å²) in [7, 11) is 6.59. The molecule has 0 bridgehead atoms. The number of ether oxygens (including phenoxy) is 4. The van der Waals surface area contributed by atoms with E-state index in [4.69, 9.17) is 18.9 Å². The summed E-state index contributed by atoms with van der Waals surface area (Å²) < 4.78 is 21.9. The van der Waals surface area contributed by atoms with Crippen LogP contribution in [0, 0.1) is 0 Å². The van der Waals surface area contributed by atoms with Crippen LogP contribution < -0.4 is 23.8 Å². The quantitative estimate of drug-likeness (QED) is 0.527. The van der Waals surface area contributed by atoms with E-state index in [1.807, 2.05) is 12.1 Å². The van der Waals surface area contributed by atoms with Crippen molar-refractivity contribution in [2.45, 2.75) is 13.0 Å². The first-order valence-electron chi connectivity index (χ1n) is 10.0. The summed E-state index contributed by atoms with van der Waals surface area (Å²) in [5.41, 5.74) is 5.16. The third kappa shape index (κ3) is 3.06. The fraction of sp³-hybridized carbons (Fsp3) is 0.304. The van der Waals surface area contributed by atoms with E-state index in [0.29, 0.717) is 11.5 Å². The monoisotopic (exact) mass is 420 g/mol. The molecule has 0 saturated heterocycles. The van der Waals surface area contributed by atoms with Crippen LogP contribution >= 0.6 is 0 Å². The summed E-state index contributed by atoms with van der Waals surface area (Å²) in [6, 6.07) is 8.01. The molecule has 0 amide bonds. The van der Waals surface area contributed by atoms with Gasteiger partial charge in [0.25, 0.3) is 0 Å². The van der Waals surface area contributed by atoms with Crippen LogP contribution in [0.15, 0.2) is 30.6 Å². The van der Waals surface area contributed by atoms with E-state index in [9.17, 15) is 0 Å². The van der Waals surface area contributed by atoms with Gasteiger partial charge >= 0.3 is 0 Å². The maximum absolute atomic E-state index is 5.50. The van der Waals surface area contributed by atoms with Gasteiger partial charge in [-0.1, -0.05) is 0 Å². The van der Waals surface area contributed by atoms with Gasteiger partial charge in [-0.25, -0.2) is 9.97 Å². The number of aromatic amines is 1. The third-order valence-corrected chi connectivity index (χ3v) is 5.88. The third-order valence-electron chi connectivity index (χ3n) is 5.88. The minimum absolute atomic E-state index is 0.670. The van der Waals surface area contributed by atoms with E-state index in [1.54, 1.807) is 34.8 Å². The Hall–Kier alpha value is -3.68. The SMILES string of the molecule is COc1cc2c(cc1OC)CN(c1ncnc3c1[nH]c1cc(OC)c(OC)cc13)CC2. The predicted octanol–water partition coefficient (Wildman–Crippen LogP) is 3.71. The van der Waals surface area contributed by atoms with Gasteiger partial charge in [0.2, 0.25) is 0 Å². The number of hydrogen-bond donors (Lipinski definition) is 1. The van der Waals surface area contributed by atoms with Crippen molar-refractivity contribution in [3.63, 3.8) is 0 Å². The molecular formula is C23H24N4O4. The van der Waals surface area contributed by atoms with Crippen LogP contribution in [-0.2, 0) is 13.0 Å². The number of aromatic nitrogens is 3. The zero-order valence-electron chi connectivity index (χ0n) is 18.0. The van der Waals surface area contributed by atoms with E-state index in [-0.39, 0.29) is 0 Å². The molecule has 0 fully saturated rings. The number of nitrogens with one attached hydrogen (secondary N) is 1. The summed E-state index contributed by atoms with van der Waals surface area (Å²) in [5.74, 6) is 3.71. The van der Waals surface area contributed by atoms with Crippen molar-refractivity contribution in [3.05, 3.63) is 41.7 Å². The van der Waals surface area contributed by atoms with E-state index in [1.165, 1.54) is 11.1 Å². The zero-order valence-corrected chi connectivity index (χ0v) is 18.0. The minimum atomic E-state index is 0.670. The Morgan fingerprint density at radius 2 is 1.45 bits per heavy atom. The van der Waals surface area contributed by atoms with Crippen LogP contribution in [0.2, 0.25) is 0 Å². The maximum atomic E-state index is 5.50. The van der Waals surface area contributed by atoms with Crippen molar-refractivity contribution in [3.8, 4) is 23.0 Å². The Bertz CT molecular complexity index is 1280. The summed E-state index contributed by atoms with van der Waals surface area (Å²) in [6.07, 6.45) is 2.51. The van der Waals surface area contributed by atoms with Crippen LogP contribution in [0.3, 0.4) is 0 Å². The molecule has 8 nitrogen and oxygen atoms in total. The molecule has 0 unspecified atom stereocenters. The lowest BCUT2D eigenvalue weighted by molar-refractivity contribution is 0.353. The normalized spacial score (nSPS) is 13.4. The number of rotatable bonds is 5. The molecular weight excluding hydrogens is 396 g/mol. The molecule has 1 N–H and O–H groups in total. The molecule has 3 heterocycles. The van der Waals surface area contributed by atoms with Crippen molar-refractivity contribution >= 4 is 27.8 Å². The van der Waals surface area contributed by atoms with Crippen molar-refractivity contribution < 1.29 is 18.9 Å². The topological polar surface area (TPSA) is 81.7 Å². The Morgan fingerprint density at radius 1 is 0.806 bits per heavy atom. The molecule has 0 aliphatic carbocycles. The number of nitrogens with zero attached hydrogens (tertiary/aromatic N) is 3. The van der Waals surface area contributed by atoms with Gasteiger partial charge < -0.3 is 28.8 Å². The number of fused-ring (bicyclic) bond motifs is 4. The molecule has 5 rings (SSSR count). The second-order valence-corrected chi connectivity index (χ2v) is 7.45. The summed E-state index contributed by atoms with van der Waals surface area (Å²) >= 11 is 0. The minimum Gasteiger partial charge on any atom is -0.493 e. The number of H-pyrrole nitrogens is 1. The van der Waals surface area contributed by atoms with Crippen molar-refractivity contribution in [1.29, 1.82) is 0 Å². The van der Waals surface area contributed by atoms with Crippen molar-refractivity contribution in [2.24, 2.45) is 0 Å². The molecule has 1 aliphatic rings. The van der Waals surface area contributed by atoms with E-state index in [0.717, 1.165) is 58.8 Å². The highest BCUT2D eigenvalue weighted by Crippen LogP contribution is 2.38. The summed E-state index contributed by atoms with van der Waals surface area (Å²) in [6.45, 7) is 1.57. The number of benzene rings is 2. The van der Waals surface area contributed by atoms with Gasteiger partial charge in [-0.3, -0.25) is 0 Å². The summed E-state index contributed by atoms with van der Waals surface area (Å²) in [4.78, 5) is 14.9. The van der Waals surface area contributed by atoms with E-state index >= 15 is 0 Å². The van der Waals surface area contributed by atoms with Gasteiger partial charge in [0.05, 0.1) is 34.0 Å². The second kappa shape index (κ2) is 7.54. The molecule has 4 aromatic rings. The second-order valence-electron chi connectivity index (χ2n) is 7.45. The average molecular weight is 420 g/mol. The Kier molecular flexibility index (Phi) is 4.69.